The van der Waals surface area contributed by atoms with Gasteiger partial charge in [0.1, 0.15) is 5.75 Å². The molecule has 0 saturated heterocycles. The summed E-state index contributed by atoms with van der Waals surface area (Å²) in [6, 6.07) is 2.55. The van der Waals surface area contributed by atoms with Gasteiger partial charge in [0.25, 0.3) is 9.05 Å². The van der Waals surface area contributed by atoms with Gasteiger partial charge in [0.15, 0.2) is 0 Å². The molecule has 0 unspecified atom stereocenters. The highest BCUT2D eigenvalue weighted by atomic mass is 35.7. The van der Waals surface area contributed by atoms with E-state index in [0.717, 1.165) is 0 Å². The van der Waals surface area contributed by atoms with Gasteiger partial charge < -0.3 is 4.74 Å². The Labute approximate surface area is 115 Å². The molecule has 19 heavy (non-hydrogen) atoms. The number of aryl methyl sites for hydroxylation is 1. The highest BCUT2D eigenvalue weighted by Crippen LogP contribution is 2.36. The topological polar surface area (TPSA) is 43.4 Å². The van der Waals surface area contributed by atoms with Crippen molar-refractivity contribution in [2.24, 2.45) is 0 Å². The first-order chi connectivity index (χ1) is 8.43. The molecular weight excluding hydrogens is 298 g/mol. The molecule has 0 aromatic heterocycles. The summed E-state index contributed by atoms with van der Waals surface area (Å²) in [4.78, 5) is -0.0966. The van der Waals surface area contributed by atoms with Crippen molar-refractivity contribution < 1.29 is 21.9 Å². The van der Waals surface area contributed by atoms with Crippen molar-refractivity contribution in [3.63, 3.8) is 0 Å². The normalized spacial score (nSPS) is 12.8. The first kappa shape index (κ1) is 16.2. The largest absolute Gasteiger partial charge is 0.435 e. The number of hydrogen-bond donors (Lipinski definition) is 0. The molecule has 0 fully saturated rings. The van der Waals surface area contributed by atoms with Crippen molar-refractivity contribution in [2.75, 3.05) is 0 Å². The first-order valence-corrected chi connectivity index (χ1v) is 7.78. The molecule has 0 heterocycles. The lowest BCUT2D eigenvalue weighted by atomic mass is 9.86. The Morgan fingerprint density at radius 3 is 2.16 bits per heavy atom. The molecule has 0 saturated carbocycles. The first-order valence-electron chi connectivity index (χ1n) is 5.47. The molecule has 0 aliphatic heterocycles. The van der Waals surface area contributed by atoms with Gasteiger partial charge in [-0.3, -0.25) is 0 Å². The van der Waals surface area contributed by atoms with Gasteiger partial charge in [-0.05, 0) is 30.0 Å². The van der Waals surface area contributed by atoms with Crippen LogP contribution < -0.4 is 4.74 Å². The van der Waals surface area contributed by atoms with Crippen LogP contribution in [0.4, 0.5) is 8.78 Å². The van der Waals surface area contributed by atoms with Crippen LogP contribution in [0.5, 0.6) is 5.75 Å². The molecule has 7 heteroatoms. The van der Waals surface area contributed by atoms with E-state index in [1.165, 1.54) is 19.1 Å². The average molecular weight is 313 g/mol. The minimum Gasteiger partial charge on any atom is -0.435 e. The summed E-state index contributed by atoms with van der Waals surface area (Å²) in [5, 5.41) is 0. The van der Waals surface area contributed by atoms with E-state index in [2.05, 4.69) is 4.74 Å². The summed E-state index contributed by atoms with van der Waals surface area (Å²) < 4.78 is 52.1. The lowest BCUT2D eigenvalue weighted by molar-refractivity contribution is -0.0509. The van der Waals surface area contributed by atoms with Crippen LogP contribution in [0.1, 0.15) is 31.9 Å². The summed E-state index contributed by atoms with van der Waals surface area (Å²) >= 11 is 0. The molecule has 1 rings (SSSR count). The highest BCUT2D eigenvalue weighted by molar-refractivity contribution is 8.13. The zero-order chi connectivity index (χ0) is 15.0. The van der Waals surface area contributed by atoms with E-state index in [4.69, 9.17) is 10.7 Å². The van der Waals surface area contributed by atoms with Gasteiger partial charge in [-0.1, -0.05) is 20.8 Å². The molecule has 3 nitrogen and oxygen atoms in total. The zero-order valence-corrected chi connectivity index (χ0v) is 12.6. The van der Waals surface area contributed by atoms with Crippen molar-refractivity contribution in [2.45, 2.75) is 44.6 Å². The van der Waals surface area contributed by atoms with Gasteiger partial charge in [0.2, 0.25) is 0 Å². The maximum absolute atomic E-state index is 12.4. The van der Waals surface area contributed by atoms with E-state index in [1.54, 1.807) is 20.8 Å². The van der Waals surface area contributed by atoms with Crippen LogP contribution in [0, 0.1) is 6.92 Å². The number of benzene rings is 1. The predicted octanol–water partition coefficient (Wildman–Crippen LogP) is 3.82. The monoisotopic (exact) mass is 312 g/mol. The Bertz CT molecular complexity index is 577. The van der Waals surface area contributed by atoms with Crippen LogP contribution >= 0.6 is 10.7 Å². The molecule has 108 valence electrons. The summed E-state index contributed by atoms with van der Waals surface area (Å²) in [6.07, 6.45) is 0. The summed E-state index contributed by atoms with van der Waals surface area (Å²) in [7, 11) is 1.39. The van der Waals surface area contributed by atoms with E-state index in [0.29, 0.717) is 5.56 Å². The van der Waals surface area contributed by atoms with E-state index in [-0.39, 0.29) is 16.2 Å². The smallest absolute Gasteiger partial charge is 0.387 e. The van der Waals surface area contributed by atoms with E-state index in [9.17, 15) is 17.2 Å². The Kier molecular flexibility index (Phi) is 4.47. The number of ether oxygens (including phenoxy) is 1. The third-order valence-corrected chi connectivity index (χ3v) is 4.03. The Hall–Kier alpha value is -0.880. The molecule has 0 spiro atoms. The fourth-order valence-corrected chi connectivity index (χ4v) is 2.90. The number of hydrogen-bond acceptors (Lipinski definition) is 3. The SMILES string of the molecule is Cc1cc(OC(F)F)c(C(C)(C)C)cc1S(=O)(=O)Cl. The summed E-state index contributed by atoms with van der Waals surface area (Å²) in [5.41, 5.74) is 0.0603. The van der Waals surface area contributed by atoms with Crippen molar-refractivity contribution in [3.8, 4) is 5.75 Å². The Balaban J connectivity index is 3.55. The summed E-state index contributed by atoms with van der Waals surface area (Å²) in [6.45, 7) is 3.79. The molecule has 0 radical (unpaired) electrons. The molecule has 0 amide bonds. The Morgan fingerprint density at radius 1 is 1.26 bits per heavy atom. The van der Waals surface area contributed by atoms with E-state index in [1.807, 2.05) is 0 Å². The molecule has 0 atom stereocenters. The number of rotatable bonds is 3. The second kappa shape index (κ2) is 5.25. The minimum atomic E-state index is -3.93. The minimum absolute atomic E-state index is 0.0379. The number of halogens is 3. The van der Waals surface area contributed by atoms with Crippen molar-refractivity contribution in [3.05, 3.63) is 23.3 Å². The lowest BCUT2D eigenvalue weighted by Crippen LogP contribution is -2.16. The van der Waals surface area contributed by atoms with Crippen molar-refractivity contribution in [1.82, 2.24) is 0 Å². The van der Waals surface area contributed by atoms with Crippen molar-refractivity contribution in [1.29, 1.82) is 0 Å². The molecule has 0 aliphatic rings. The highest BCUT2D eigenvalue weighted by Gasteiger charge is 2.25. The molecule has 0 N–H and O–H groups in total. The van der Waals surface area contributed by atoms with Gasteiger partial charge >= 0.3 is 6.61 Å². The van der Waals surface area contributed by atoms with Gasteiger partial charge in [-0.25, -0.2) is 8.42 Å². The van der Waals surface area contributed by atoms with Crippen LogP contribution in [-0.4, -0.2) is 15.0 Å². The van der Waals surface area contributed by atoms with Crippen LogP contribution in [0.25, 0.3) is 0 Å². The third kappa shape index (κ3) is 4.04. The average Bonchev–Trinajstić information content (AvgIpc) is 2.11. The third-order valence-electron chi connectivity index (χ3n) is 2.56. The quantitative estimate of drug-likeness (QED) is 0.797. The van der Waals surface area contributed by atoms with Crippen molar-refractivity contribution >= 4 is 19.7 Å². The van der Waals surface area contributed by atoms with Crippen LogP contribution in [0.2, 0.25) is 0 Å². The maximum Gasteiger partial charge on any atom is 0.387 e. The van der Waals surface area contributed by atoms with Gasteiger partial charge in [-0.15, -0.1) is 0 Å². The second-order valence-corrected chi connectivity index (χ2v) is 7.71. The van der Waals surface area contributed by atoms with Crippen LogP contribution in [0.15, 0.2) is 17.0 Å². The molecule has 0 aliphatic carbocycles. The van der Waals surface area contributed by atoms with E-state index >= 15 is 0 Å². The molecular formula is C12H15ClF2O3S. The van der Waals surface area contributed by atoms with Gasteiger partial charge in [-0.2, -0.15) is 8.78 Å². The summed E-state index contributed by atoms with van der Waals surface area (Å²) in [5.74, 6) is -0.0379. The zero-order valence-electron chi connectivity index (χ0n) is 11.0. The predicted molar refractivity (Wildman–Crippen MR) is 69.5 cm³/mol. The molecule has 1 aromatic carbocycles. The maximum atomic E-state index is 12.4. The number of alkyl halides is 2. The van der Waals surface area contributed by atoms with Crippen LogP contribution in [0.3, 0.4) is 0 Å². The fourth-order valence-electron chi connectivity index (χ4n) is 1.70. The standard InChI is InChI=1S/C12H15ClF2O3S/c1-7-5-9(18-11(14)15)8(12(2,3)4)6-10(7)19(13,16)17/h5-6,11H,1-4H3. The molecule has 0 bridgehead atoms. The van der Waals surface area contributed by atoms with Gasteiger partial charge in [0, 0.05) is 16.2 Å². The Morgan fingerprint density at radius 2 is 1.79 bits per heavy atom. The molecule has 1 aromatic rings. The lowest BCUT2D eigenvalue weighted by Gasteiger charge is -2.24. The second-order valence-electron chi connectivity index (χ2n) is 5.18. The van der Waals surface area contributed by atoms with E-state index < -0.39 is 21.1 Å². The van der Waals surface area contributed by atoms with Gasteiger partial charge in [0.05, 0.1) is 4.90 Å². The van der Waals surface area contributed by atoms with Crippen LogP contribution in [-0.2, 0) is 14.5 Å². The fraction of sp³-hybridized carbons (Fsp3) is 0.500.